The first kappa shape index (κ1) is 74.6. The van der Waals surface area contributed by atoms with Gasteiger partial charge in [-0.3, -0.25) is 24.0 Å². The van der Waals surface area contributed by atoms with Gasteiger partial charge in [0, 0.05) is 30.7 Å². The van der Waals surface area contributed by atoms with Crippen molar-refractivity contribution in [3.8, 4) is 23.0 Å². The predicted octanol–water partition coefficient (Wildman–Crippen LogP) is 10.3. The number of esters is 4. The summed E-state index contributed by atoms with van der Waals surface area (Å²) in [5, 5.41) is 9.03. The Balaban J connectivity index is 0.000000338. The van der Waals surface area contributed by atoms with Gasteiger partial charge in [0.2, 0.25) is 11.6 Å². The van der Waals surface area contributed by atoms with Crippen LogP contribution in [0.4, 0.5) is 0 Å². The SMILES string of the molecule is C=CC(=O)OCC(C)(C)C(=O)C(=O)N1CCCC[C@H]1C(=O)O[C@H](CCc1ccc(C)c(OC)c1)c1cccc(OCC(=O)C(C)(C)C)c1.C=CC(=O)OCC(C)(C)C(=O)C(=O)N1CCCC[C@H]1C(=O)O[C@H](CCc1ccc(C)c(OC)c1)c1cccc(OCC(=O)O)c1. The van der Waals surface area contributed by atoms with Crippen LogP contribution < -0.4 is 18.9 Å². The van der Waals surface area contributed by atoms with Gasteiger partial charge >= 0.3 is 29.8 Å². The lowest BCUT2D eigenvalue weighted by Crippen LogP contribution is -2.53. The highest BCUT2D eigenvalue weighted by Crippen LogP contribution is 2.34. The molecule has 1 N–H and O–H groups in total. The number of Topliss-reactive ketones (excluding diaryl/α,β-unsaturated/α-hetero) is 3. The van der Waals surface area contributed by atoms with Crippen molar-refractivity contribution in [3.05, 3.63) is 144 Å². The third-order valence-electron chi connectivity index (χ3n) is 16.1. The smallest absolute Gasteiger partial charge is 0.341 e. The minimum atomic E-state index is -1.32. The molecule has 93 heavy (non-hydrogen) atoms. The number of hydrogen-bond donors (Lipinski definition) is 1. The molecular weight excluding hydrogens is 1200 g/mol. The van der Waals surface area contributed by atoms with E-state index in [1.54, 1.807) is 56.7 Å². The number of ketones is 3. The minimum Gasteiger partial charge on any atom is -0.496 e. The largest absolute Gasteiger partial charge is 0.496 e. The summed E-state index contributed by atoms with van der Waals surface area (Å²) in [6, 6.07) is 23.5. The normalized spacial score (nSPS) is 15.5. The van der Waals surface area contributed by atoms with Gasteiger partial charge < -0.3 is 52.8 Å². The maximum Gasteiger partial charge on any atom is 0.341 e. The highest BCUT2D eigenvalue weighted by molar-refractivity contribution is 6.39. The number of methoxy groups -OCH3 is 2. The van der Waals surface area contributed by atoms with Crippen LogP contribution in [-0.2, 0) is 79.7 Å². The molecule has 21 heteroatoms. The summed E-state index contributed by atoms with van der Waals surface area (Å²) in [6.45, 7) is 21.2. The van der Waals surface area contributed by atoms with Crippen LogP contribution in [0.5, 0.6) is 23.0 Å². The Morgan fingerprint density at radius 2 is 0.957 bits per heavy atom. The van der Waals surface area contributed by atoms with E-state index in [-0.39, 0.29) is 38.7 Å². The number of carbonyl (C=O) groups excluding carboxylic acids is 9. The lowest BCUT2D eigenvalue weighted by atomic mass is 9.87. The summed E-state index contributed by atoms with van der Waals surface area (Å²) in [6.07, 6.45) is 5.50. The molecule has 2 heterocycles. The first-order chi connectivity index (χ1) is 43.9. The molecular formula is C72H90N2O19. The molecule has 6 rings (SSSR count). The van der Waals surface area contributed by atoms with E-state index in [4.69, 9.17) is 43.0 Å². The molecule has 0 radical (unpaired) electrons. The minimum absolute atomic E-state index is 0.0529. The number of amides is 2. The standard InChI is InChI=1S/C38H49NO9.C34H41NO10/c1-9-33(41)47-24-38(6,7)34(42)35(43)39-20-11-10-15-29(39)36(44)48-30(19-18-26-17-16-25(2)31(21-26)45-8)27-13-12-14-28(22-27)46-23-32(40)37(3,4)5;1-6-30(38)44-21-34(3,4)31(39)32(40)35-17-8-7-12-26(35)33(41)45-27(16-15-23-14-13-22(2)28(18-23)42-5)24-10-9-11-25(19-24)43-20-29(36)37/h9,12-14,16-17,21-22,29-30H,1,10-11,15,18-20,23-24H2,2-8H3;6,9-11,13-14,18-19,26-27H,1,7-8,12,15-17,20-21H2,2-5H3,(H,36,37)/t29-,30+;26-,27+/m00/s1. The van der Waals surface area contributed by atoms with E-state index in [1.165, 1.54) is 37.5 Å². The summed E-state index contributed by atoms with van der Waals surface area (Å²) < 4.78 is 44.4. The quantitative estimate of drug-likeness (QED) is 0.0220. The molecule has 0 unspecified atom stereocenters. The maximum absolute atomic E-state index is 13.9. The Labute approximate surface area is 545 Å². The fourth-order valence-corrected chi connectivity index (χ4v) is 10.2. The number of piperidine rings is 2. The number of carboxylic acid groups (broad SMARTS) is 1. The zero-order chi connectivity index (χ0) is 68.8. The molecule has 2 amide bonds. The Morgan fingerprint density at radius 1 is 0.559 bits per heavy atom. The van der Waals surface area contributed by atoms with Crippen LogP contribution >= 0.6 is 0 Å². The van der Waals surface area contributed by atoms with E-state index >= 15 is 0 Å². The molecule has 2 saturated heterocycles. The molecule has 2 fully saturated rings. The molecule has 4 aromatic rings. The summed E-state index contributed by atoms with van der Waals surface area (Å²) in [5.74, 6) is -4.84. The van der Waals surface area contributed by atoms with Crippen LogP contribution in [0.25, 0.3) is 0 Å². The molecule has 502 valence electrons. The summed E-state index contributed by atoms with van der Waals surface area (Å²) in [4.78, 5) is 130. The number of hydrogen-bond acceptors (Lipinski definition) is 18. The lowest BCUT2D eigenvalue weighted by Gasteiger charge is -2.36. The van der Waals surface area contributed by atoms with Gasteiger partial charge in [0.1, 0.15) is 67.1 Å². The molecule has 4 atom stereocenters. The summed E-state index contributed by atoms with van der Waals surface area (Å²) in [5.41, 5.74) is 1.98. The Bertz CT molecular complexity index is 3360. The number of nitrogens with zero attached hydrogens (tertiary/aromatic N) is 2. The Morgan fingerprint density at radius 3 is 1.32 bits per heavy atom. The number of carboxylic acids is 1. The molecule has 2 aliphatic rings. The molecule has 0 spiro atoms. The van der Waals surface area contributed by atoms with Crippen LogP contribution in [0.15, 0.2) is 110 Å². The number of benzene rings is 4. The molecule has 4 aromatic carbocycles. The van der Waals surface area contributed by atoms with E-state index < -0.39 is 100 Å². The average molecular weight is 1290 g/mol. The Kier molecular flexibility index (Phi) is 27.7. The molecule has 21 nitrogen and oxygen atoms in total. The Hall–Kier alpha value is -9.14. The number of aryl methyl sites for hydroxylation is 4. The fourth-order valence-electron chi connectivity index (χ4n) is 10.2. The van der Waals surface area contributed by atoms with Crippen molar-refractivity contribution < 1.29 is 90.9 Å². The van der Waals surface area contributed by atoms with Crippen LogP contribution in [0.1, 0.15) is 145 Å². The first-order valence-electron chi connectivity index (χ1n) is 31.1. The third kappa shape index (κ3) is 22.0. The topological polar surface area (TPSA) is 271 Å². The first-order valence-corrected chi connectivity index (χ1v) is 31.1. The van der Waals surface area contributed by atoms with Gasteiger partial charge in [-0.05, 0) is 176 Å². The van der Waals surface area contributed by atoms with E-state index in [9.17, 15) is 47.9 Å². The lowest BCUT2D eigenvalue weighted by molar-refractivity contribution is -0.165. The second kappa shape index (κ2) is 34.5. The zero-order valence-corrected chi connectivity index (χ0v) is 55.5. The van der Waals surface area contributed by atoms with E-state index in [0.717, 1.165) is 45.9 Å². The van der Waals surface area contributed by atoms with Crippen LogP contribution in [0.3, 0.4) is 0 Å². The molecule has 0 aromatic heterocycles. The highest BCUT2D eigenvalue weighted by atomic mass is 16.6. The monoisotopic (exact) mass is 1290 g/mol. The number of likely N-dealkylation sites (tertiary alicyclic amines) is 2. The molecule has 0 bridgehead atoms. The van der Waals surface area contributed by atoms with Gasteiger partial charge in [-0.1, -0.05) is 82.5 Å². The summed E-state index contributed by atoms with van der Waals surface area (Å²) in [7, 11) is 3.21. The van der Waals surface area contributed by atoms with Crippen molar-refractivity contribution in [2.45, 2.75) is 151 Å². The molecule has 2 aliphatic heterocycles. The van der Waals surface area contributed by atoms with Crippen LogP contribution in [0, 0.1) is 30.1 Å². The number of aliphatic carboxylic acids is 1. The van der Waals surface area contributed by atoms with Gasteiger partial charge in [-0.25, -0.2) is 24.0 Å². The van der Waals surface area contributed by atoms with Crippen molar-refractivity contribution >= 4 is 59.0 Å². The predicted molar refractivity (Wildman–Crippen MR) is 344 cm³/mol. The van der Waals surface area contributed by atoms with Gasteiger partial charge in [0.25, 0.3) is 11.8 Å². The molecule has 0 aliphatic carbocycles. The van der Waals surface area contributed by atoms with E-state index in [1.807, 2.05) is 77.1 Å². The van der Waals surface area contributed by atoms with Crippen molar-refractivity contribution in [1.29, 1.82) is 0 Å². The highest BCUT2D eigenvalue weighted by Gasteiger charge is 2.44. The van der Waals surface area contributed by atoms with Gasteiger partial charge in [-0.15, -0.1) is 0 Å². The second-order valence-electron chi connectivity index (χ2n) is 25.4. The van der Waals surface area contributed by atoms with Crippen molar-refractivity contribution in [2.75, 3.05) is 53.7 Å². The van der Waals surface area contributed by atoms with Gasteiger partial charge in [-0.2, -0.15) is 0 Å². The third-order valence-corrected chi connectivity index (χ3v) is 16.1. The zero-order valence-electron chi connectivity index (χ0n) is 55.5. The van der Waals surface area contributed by atoms with Crippen molar-refractivity contribution in [3.63, 3.8) is 0 Å². The van der Waals surface area contributed by atoms with E-state index in [0.29, 0.717) is 86.8 Å². The summed E-state index contributed by atoms with van der Waals surface area (Å²) >= 11 is 0. The van der Waals surface area contributed by atoms with Crippen molar-refractivity contribution in [1.82, 2.24) is 9.80 Å². The second-order valence-corrected chi connectivity index (χ2v) is 25.4. The number of ether oxygens (including phenoxy) is 8. The van der Waals surface area contributed by atoms with E-state index in [2.05, 4.69) is 13.2 Å². The average Bonchev–Trinajstić information content (AvgIpc) is 0.845. The van der Waals surface area contributed by atoms with Crippen LogP contribution in [-0.4, -0.2) is 140 Å². The number of rotatable bonds is 30. The van der Waals surface area contributed by atoms with Gasteiger partial charge in [0.15, 0.2) is 12.4 Å². The van der Waals surface area contributed by atoms with Crippen molar-refractivity contribution in [2.24, 2.45) is 16.2 Å². The fraction of sp³-hybridized carbons (Fsp3) is 0.472. The molecule has 0 saturated carbocycles. The van der Waals surface area contributed by atoms with Crippen LogP contribution in [0.2, 0.25) is 0 Å². The maximum atomic E-state index is 13.9. The number of carbonyl (C=O) groups is 10. The van der Waals surface area contributed by atoms with Gasteiger partial charge in [0.05, 0.1) is 25.0 Å².